The van der Waals surface area contributed by atoms with Crippen LogP contribution in [-0.2, 0) is 6.42 Å². The molecule has 1 N–H and O–H groups in total. The van der Waals surface area contributed by atoms with Crippen LogP contribution in [0.15, 0.2) is 35.0 Å². The Morgan fingerprint density at radius 3 is 2.84 bits per heavy atom. The van der Waals surface area contributed by atoms with Crippen LogP contribution in [0.3, 0.4) is 0 Å². The minimum Gasteiger partial charge on any atom is -0.310 e. The van der Waals surface area contributed by atoms with Gasteiger partial charge < -0.3 is 5.32 Å². The lowest BCUT2D eigenvalue weighted by atomic mass is 9.98. The smallest absolute Gasteiger partial charge is 0.130 e. The fraction of sp³-hybridized carbons (Fsp3) is 0.375. The Kier molecular flexibility index (Phi) is 5.11. The number of nitrogens with one attached hydrogen (secondary N) is 1. The van der Waals surface area contributed by atoms with Gasteiger partial charge in [-0.15, -0.1) is 0 Å². The fourth-order valence-electron chi connectivity index (χ4n) is 2.30. The second-order valence-electron chi connectivity index (χ2n) is 4.76. The lowest BCUT2D eigenvalue weighted by molar-refractivity contribution is 0.483. The molecule has 0 fully saturated rings. The van der Waals surface area contributed by atoms with E-state index in [0.717, 1.165) is 30.5 Å². The average molecular weight is 277 g/mol. The summed E-state index contributed by atoms with van der Waals surface area (Å²) in [6.07, 6.45) is 1.90. The highest BCUT2D eigenvalue weighted by molar-refractivity contribution is 7.07. The van der Waals surface area contributed by atoms with E-state index < -0.39 is 0 Å². The molecule has 1 heterocycles. The summed E-state index contributed by atoms with van der Waals surface area (Å²) in [6, 6.07) is 7.87. The molecular weight excluding hydrogens is 257 g/mol. The molecule has 2 rings (SSSR count). The van der Waals surface area contributed by atoms with Gasteiger partial charge in [0.1, 0.15) is 5.82 Å². The summed E-state index contributed by atoms with van der Waals surface area (Å²) in [4.78, 5) is 0. The largest absolute Gasteiger partial charge is 0.310 e. The third kappa shape index (κ3) is 3.64. The van der Waals surface area contributed by atoms with Crippen molar-refractivity contribution in [2.45, 2.75) is 32.7 Å². The standard InChI is InChI=1S/C16H20FNS/c1-3-18-15(8-7-13-9-10-19-11-13)14-6-4-5-12(2)16(14)17/h4-6,9-11,15,18H,3,7-8H2,1-2H3. The second kappa shape index (κ2) is 6.83. The van der Waals surface area contributed by atoms with Gasteiger partial charge in [0, 0.05) is 11.6 Å². The molecule has 0 saturated heterocycles. The number of aryl methyl sites for hydroxylation is 2. The maximum atomic E-state index is 14.2. The van der Waals surface area contributed by atoms with E-state index in [1.807, 2.05) is 25.1 Å². The van der Waals surface area contributed by atoms with Crippen LogP contribution >= 0.6 is 11.3 Å². The van der Waals surface area contributed by atoms with Crippen molar-refractivity contribution in [3.8, 4) is 0 Å². The molecule has 2 aromatic rings. The molecule has 0 bridgehead atoms. The van der Waals surface area contributed by atoms with E-state index in [0.29, 0.717) is 0 Å². The molecule has 1 atom stereocenters. The van der Waals surface area contributed by atoms with Crippen molar-refractivity contribution in [2.24, 2.45) is 0 Å². The van der Waals surface area contributed by atoms with Crippen molar-refractivity contribution in [1.82, 2.24) is 5.32 Å². The van der Waals surface area contributed by atoms with Crippen molar-refractivity contribution in [2.75, 3.05) is 6.54 Å². The maximum Gasteiger partial charge on any atom is 0.130 e. The van der Waals surface area contributed by atoms with Crippen molar-refractivity contribution in [3.63, 3.8) is 0 Å². The summed E-state index contributed by atoms with van der Waals surface area (Å²) in [6.45, 7) is 4.73. The molecule has 1 nitrogen and oxygen atoms in total. The number of thiophene rings is 1. The van der Waals surface area contributed by atoms with E-state index in [1.54, 1.807) is 11.3 Å². The first-order valence-corrected chi connectivity index (χ1v) is 7.66. The van der Waals surface area contributed by atoms with Gasteiger partial charge in [0.15, 0.2) is 0 Å². The normalized spacial score (nSPS) is 12.6. The predicted molar refractivity (Wildman–Crippen MR) is 80.2 cm³/mol. The maximum absolute atomic E-state index is 14.2. The first-order valence-electron chi connectivity index (χ1n) is 6.71. The highest BCUT2D eigenvalue weighted by atomic mass is 32.1. The quantitative estimate of drug-likeness (QED) is 0.821. The number of hydrogen-bond donors (Lipinski definition) is 1. The van der Waals surface area contributed by atoms with E-state index in [1.165, 1.54) is 5.56 Å². The number of hydrogen-bond acceptors (Lipinski definition) is 2. The van der Waals surface area contributed by atoms with Crippen LogP contribution in [0.5, 0.6) is 0 Å². The van der Waals surface area contributed by atoms with E-state index in [2.05, 4.69) is 29.1 Å². The molecule has 0 aliphatic rings. The van der Waals surface area contributed by atoms with Crippen molar-refractivity contribution in [1.29, 1.82) is 0 Å². The summed E-state index contributed by atoms with van der Waals surface area (Å²) < 4.78 is 14.2. The molecule has 19 heavy (non-hydrogen) atoms. The van der Waals surface area contributed by atoms with E-state index in [4.69, 9.17) is 0 Å². The Morgan fingerprint density at radius 1 is 1.32 bits per heavy atom. The van der Waals surface area contributed by atoms with Gasteiger partial charge in [-0.25, -0.2) is 4.39 Å². The van der Waals surface area contributed by atoms with Crippen LogP contribution in [0.1, 0.15) is 36.1 Å². The summed E-state index contributed by atoms with van der Waals surface area (Å²) in [5.74, 6) is -0.0706. The van der Waals surface area contributed by atoms with Crippen LogP contribution in [0.25, 0.3) is 0 Å². The number of benzene rings is 1. The Balaban J connectivity index is 2.12. The number of rotatable bonds is 6. The molecule has 0 spiro atoms. The summed E-state index contributed by atoms with van der Waals surface area (Å²) in [5, 5.41) is 7.64. The molecule has 0 aliphatic carbocycles. The fourth-order valence-corrected chi connectivity index (χ4v) is 3.00. The molecule has 1 aromatic heterocycles. The first kappa shape index (κ1) is 14.2. The molecule has 102 valence electrons. The van der Waals surface area contributed by atoms with E-state index in [-0.39, 0.29) is 11.9 Å². The summed E-state index contributed by atoms with van der Waals surface area (Å²) >= 11 is 1.71. The van der Waals surface area contributed by atoms with Gasteiger partial charge in [0.05, 0.1) is 0 Å². The highest BCUT2D eigenvalue weighted by Crippen LogP contribution is 2.24. The predicted octanol–water partition coefficient (Wildman–Crippen LogP) is 4.48. The van der Waals surface area contributed by atoms with Crippen LogP contribution < -0.4 is 5.32 Å². The molecule has 1 aromatic carbocycles. The Morgan fingerprint density at radius 2 is 2.16 bits per heavy atom. The van der Waals surface area contributed by atoms with Crippen LogP contribution in [0.2, 0.25) is 0 Å². The molecule has 1 unspecified atom stereocenters. The van der Waals surface area contributed by atoms with E-state index >= 15 is 0 Å². The van der Waals surface area contributed by atoms with Gasteiger partial charge in [0.2, 0.25) is 0 Å². The number of halogens is 1. The van der Waals surface area contributed by atoms with Gasteiger partial charge in [-0.1, -0.05) is 25.1 Å². The lowest BCUT2D eigenvalue weighted by Crippen LogP contribution is -2.22. The van der Waals surface area contributed by atoms with Crippen LogP contribution in [0, 0.1) is 12.7 Å². The second-order valence-corrected chi connectivity index (χ2v) is 5.54. The molecule has 0 radical (unpaired) electrons. The topological polar surface area (TPSA) is 12.0 Å². The van der Waals surface area contributed by atoms with Crippen molar-refractivity contribution < 1.29 is 4.39 Å². The summed E-state index contributed by atoms with van der Waals surface area (Å²) in [5.41, 5.74) is 2.84. The van der Waals surface area contributed by atoms with Gasteiger partial charge in [-0.2, -0.15) is 11.3 Å². The zero-order valence-electron chi connectivity index (χ0n) is 11.4. The van der Waals surface area contributed by atoms with Crippen molar-refractivity contribution >= 4 is 11.3 Å². The third-order valence-corrected chi connectivity index (χ3v) is 4.08. The molecule has 0 amide bonds. The van der Waals surface area contributed by atoms with Crippen LogP contribution in [0.4, 0.5) is 4.39 Å². The van der Waals surface area contributed by atoms with Gasteiger partial charge in [-0.05, 0) is 54.3 Å². The SMILES string of the molecule is CCNC(CCc1ccsc1)c1cccc(C)c1F. The van der Waals surface area contributed by atoms with Crippen molar-refractivity contribution in [3.05, 3.63) is 57.5 Å². The average Bonchev–Trinajstić information content (AvgIpc) is 2.91. The first-order chi connectivity index (χ1) is 9.22. The molecule has 0 saturated carbocycles. The third-order valence-electron chi connectivity index (χ3n) is 3.35. The lowest BCUT2D eigenvalue weighted by Gasteiger charge is -2.19. The zero-order valence-corrected chi connectivity index (χ0v) is 12.3. The molecular formula is C16H20FNS. The Bertz CT molecular complexity index is 507. The zero-order chi connectivity index (χ0) is 13.7. The van der Waals surface area contributed by atoms with Gasteiger partial charge in [-0.3, -0.25) is 0 Å². The highest BCUT2D eigenvalue weighted by Gasteiger charge is 2.15. The van der Waals surface area contributed by atoms with Gasteiger partial charge in [0.25, 0.3) is 0 Å². The minimum atomic E-state index is -0.0706. The Labute approximate surface area is 118 Å². The summed E-state index contributed by atoms with van der Waals surface area (Å²) in [7, 11) is 0. The molecule has 3 heteroatoms. The minimum absolute atomic E-state index is 0.0706. The van der Waals surface area contributed by atoms with Gasteiger partial charge >= 0.3 is 0 Å². The Hall–Kier alpha value is -1.19. The molecule has 0 aliphatic heterocycles. The monoisotopic (exact) mass is 277 g/mol. The van der Waals surface area contributed by atoms with E-state index in [9.17, 15) is 4.39 Å². The van der Waals surface area contributed by atoms with Crippen LogP contribution in [-0.4, -0.2) is 6.54 Å².